The van der Waals surface area contributed by atoms with Gasteiger partial charge in [0.05, 0.1) is 10.7 Å². The number of amides is 2. The van der Waals surface area contributed by atoms with E-state index in [2.05, 4.69) is 5.32 Å². The van der Waals surface area contributed by atoms with Crippen molar-refractivity contribution in [2.75, 3.05) is 31.6 Å². The average Bonchev–Trinajstić information content (AvgIpc) is 2.97. The molecule has 7 heteroatoms. The maximum Gasteiger partial charge on any atom is 0.239 e. The lowest BCUT2D eigenvalue weighted by Gasteiger charge is -2.33. The summed E-state index contributed by atoms with van der Waals surface area (Å²) < 4.78 is 0. The Balaban J connectivity index is 1.74. The number of carbonyl (C=O) groups is 2. The fraction of sp³-hybridized carbons (Fsp3) is 0.529. The van der Waals surface area contributed by atoms with Gasteiger partial charge in [-0.15, -0.1) is 0 Å². The summed E-state index contributed by atoms with van der Waals surface area (Å²) in [6.45, 7) is 1.87. The van der Waals surface area contributed by atoms with Gasteiger partial charge in [0.2, 0.25) is 11.8 Å². The first-order valence-electron chi connectivity index (χ1n) is 8.23. The predicted molar refractivity (Wildman–Crippen MR) is 95.6 cm³/mol. The van der Waals surface area contributed by atoms with Crippen molar-refractivity contribution < 1.29 is 9.59 Å². The van der Waals surface area contributed by atoms with Crippen LogP contribution < -0.4 is 10.2 Å². The minimum Gasteiger partial charge on any atom is -0.340 e. The molecule has 0 spiro atoms. The lowest BCUT2D eigenvalue weighted by atomic mass is 10.0. The smallest absolute Gasteiger partial charge is 0.239 e. The molecule has 2 aliphatic rings. The maximum atomic E-state index is 12.8. The fourth-order valence-electron chi connectivity index (χ4n) is 3.47. The van der Waals surface area contributed by atoms with Crippen molar-refractivity contribution in [2.45, 2.75) is 25.3 Å². The van der Waals surface area contributed by atoms with Crippen LogP contribution in [0.25, 0.3) is 0 Å². The zero-order chi connectivity index (χ0) is 17.3. The SMILES string of the molecule is CN[C@H]1CCCN(C(=O)[C@H]2CCN(c3cc(Cl)ccc3Cl)C2=O)C1. The van der Waals surface area contributed by atoms with Crippen molar-refractivity contribution in [2.24, 2.45) is 5.92 Å². The number of likely N-dealkylation sites (tertiary alicyclic amines) is 1. The molecule has 2 aliphatic heterocycles. The monoisotopic (exact) mass is 369 g/mol. The van der Waals surface area contributed by atoms with Crippen molar-refractivity contribution in [1.29, 1.82) is 0 Å². The average molecular weight is 370 g/mol. The van der Waals surface area contributed by atoms with Gasteiger partial charge >= 0.3 is 0 Å². The summed E-state index contributed by atoms with van der Waals surface area (Å²) in [5, 5.41) is 4.20. The van der Waals surface area contributed by atoms with Crippen LogP contribution in [0.2, 0.25) is 10.0 Å². The van der Waals surface area contributed by atoms with Crippen molar-refractivity contribution >= 4 is 40.7 Å². The molecule has 2 heterocycles. The predicted octanol–water partition coefficient (Wildman–Crippen LogP) is 2.56. The summed E-state index contributed by atoms with van der Waals surface area (Å²) in [6.07, 6.45) is 2.53. The van der Waals surface area contributed by atoms with Gasteiger partial charge in [-0.05, 0) is 44.5 Å². The largest absolute Gasteiger partial charge is 0.340 e. The van der Waals surface area contributed by atoms with Crippen LogP contribution in [0.5, 0.6) is 0 Å². The summed E-state index contributed by atoms with van der Waals surface area (Å²) in [5.74, 6) is -0.869. The highest BCUT2D eigenvalue weighted by atomic mass is 35.5. The summed E-state index contributed by atoms with van der Waals surface area (Å²) in [5.41, 5.74) is 0.580. The first kappa shape index (κ1) is 17.5. The second kappa shape index (κ2) is 7.30. The first-order chi connectivity index (χ1) is 11.5. The molecule has 3 rings (SSSR count). The summed E-state index contributed by atoms with van der Waals surface area (Å²) in [4.78, 5) is 29.0. The van der Waals surface area contributed by atoms with E-state index in [1.54, 1.807) is 23.1 Å². The van der Waals surface area contributed by atoms with Crippen LogP contribution in [0, 0.1) is 5.92 Å². The molecule has 1 N–H and O–H groups in total. The van der Waals surface area contributed by atoms with Crippen molar-refractivity contribution in [1.82, 2.24) is 10.2 Å². The molecule has 5 nitrogen and oxygen atoms in total. The van der Waals surface area contributed by atoms with E-state index in [1.807, 2.05) is 11.9 Å². The molecule has 0 unspecified atom stereocenters. The standard InChI is InChI=1S/C17H21Cl2N3O2/c1-20-12-3-2-7-21(10-12)16(23)13-6-8-22(17(13)24)15-9-11(18)4-5-14(15)19/h4-5,9,12-13,20H,2-3,6-8,10H2,1H3/t12-,13+/m0/s1. The molecule has 0 bridgehead atoms. The van der Waals surface area contributed by atoms with E-state index in [0.717, 1.165) is 19.4 Å². The Hall–Kier alpha value is -1.30. The quantitative estimate of drug-likeness (QED) is 0.833. The lowest BCUT2D eigenvalue weighted by molar-refractivity contribution is -0.140. The molecule has 1 aromatic carbocycles. The molecule has 0 radical (unpaired) electrons. The molecule has 24 heavy (non-hydrogen) atoms. The Kier molecular flexibility index (Phi) is 5.33. The number of carbonyl (C=O) groups excluding carboxylic acids is 2. The van der Waals surface area contributed by atoms with Gasteiger partial charge < -0.3 is 15.1 Å². The summed E-state index contributed by atoms with van der Waals surface area (Å²) >= 11 is 12.2. The van der Waals surface area contributed by atoms with Crippen LogP contribution >= 0.6 is 23.2 Å². The molecule has 2 fully saturated rings. The van der Waals surface area contributed by atoms with E-state index >= 15 is 0 Å². The number of halogens is 2. The molecule has 2 amide bonds. The van der Waals surface area contributed by atoms with Gasteiger partial charge in [-0.2, -0.15) is 0 Å². The molecule has 0 aliphatic carbocycles. The molecule has 1 aromatic rings. The van der Waals surface area contributed by atoms with Crippen molar-refractivity contribution in [3.8, 4) is 0 Å². The Labute approximate surface area is 151 Å². The molecule has 2 atom stereocenters. The van der Waals surface area contributed by atoms with E-state index in [0.29, 0.717) is 41.3 Å². The van der Waals surface area contributed by atoms with E-state index in [9.17, 15) is 9.59 Å². The van der Waals surface area contributed by atoms with Crippen LogP contribution in [-0.4, -0.2) is 49.4 Å². The van der Waals surface area contributed by atoms with Gasteiger partial charge in [-0.1, -0.05) is 23.2 Å². The number of hydrogen-bond acceptors (Lipinski definition) is 3. The van der Waals surface area contributed by atoms with Crippen LogP contribution in [0.15, 0.2) is 18.2 Å². The first-order valence-corrected chi connectivity index (χ1v) is 8.99. The second-order valence-corrected chi connectivity index (χ2v) is 7.18. The number of rotatable bonds is 3. The number of likely N-dealkylation sites (N-methyl/N-ethyl adjacent to an activating group) is 1. The third-order valence-electron chi connectivity index (χ3n) is 4.84. The van der Waals surface area contributed by atoms with Gasteiger partial charge in [0.15, 0.2) is 0 Å². The normalized spacial score (nSPS) is 24.5. The van der Waals surface area contributed by atoms with E-state index in [4.69, 9.17) is 23.2 Å². The lowest BCUT2D eigenvalue weighted by Crippen LogP contribution is -2.49. The number of anilines is 1. The van der Waals surface area contributed by atoms with Crippen molar-refractivity contribution in [3.63, 3.8) is 0 Å². The molecule has 0 aromatic heterocycles. The van der Waals surface area contributed by atoms with Gasteiger partial charge in [0.25, 0.3) is 0 Å². The minimum atomic E-state index is -0.615. The highest BCUT2D eigenvalue weighted by Crippen LogP contribution is 2.34. The highest BCUT2D eigenvalue weighted by Gasteiger charge is 2.41. The number of benzene rings is 1. The van der Waals surface area contributed by atoms with E-state index in [-0.39, 0.29) is 11.8 Å². The fourth-order valence-corrected chi connectivity index (χ4v) is 3.86. The maximum absolute atomic E-state index is 12.8. The van der Waals surface area contributed by atoms with Gasteiger partial charge in [0, 0.05) is 30.7 Å². The van der Waals surface area contributed by atoms with Crippen LogP contribution in [0.1, 0.15) is 19.3 Å². The Morgan fingerprint density at radius 3 is 2.79 bits per heavy atom. The van der Waals surface area contributed by atoms with Crippen LogP contribution in [-0.2, 0) is 9.59 Å². The number of nitrogens with one attached hydrogen (secondary N) is 1. The van der Waals surface area contributed by atoms with E-state index < -0.39 is 5.92 Å². The number of hydrogen-bond donors (Lipinski definition) is 1. The molecular formula is C17H21Cl2N3O2. The van der Waals surface area contributed by atoms with Gasteiger partial charge in [0.1, 0.15) is 5.92 Å². The molecule has 0 saturated carbocycles. The molecule has 130 valence electrons. The number of piperidine rings is 1. The Bertz CT molecular complexity index is 653. The molecular weight excluding hydrogens is 349 g/mol. The van der Waals surface area contributed by atoms with Crippen LogP contribution in [0.4, 0.5) is 5.69 Å². The third kappa shape index (κ3) is 3.39. The minimum absolute atomic E-state index is 0.0689. The second-order valence-electron chi connectivity index (χ2n) is 6.34. The topological polar surface area (TPSA) is 52.7 Å². The Morgan fingerprint density at radius 1 is 1.25 bits per heavy atom. The summed E-state index contributed by atoms with van der Waals surface area (Å²) in [6, 6.07) is 5.33. The number of nitrogens with zero attached hydrogens (tertiary/aromatic N) is 2. The van der Waals surface area contributed by atoms with Gasteiger partial charge in [-0.3, -0.25) is 9.59 Å². The van der Waals surface area contributed by atoms with Crippen molar-refractivity contribution in [3.05, 3.63) is 28.2 Å². The zero-order valence-corrected chi connectivity index (χ0v) is 15.1. The highest BCUT2D eigenvalue weighted by molar-refractivity contribution is 6.36. The zero-order valence-electron chi connectivity index (χ0n) is 13.6. The van der Waals surface area contributed by atoms with Crippen LogP contribution in [0.3, 0.4) is 0 Å². The molecule has 2 saturated heterocycles. The van der Waals surface area contributed by atoms with Gasteiger partial charge in [-0.25, -0.2) is 0 Å². The summed E-state index contributed by atoms with van der Waals surface area (Å²) in [7, 11) is 1.91. The van der Waals surface area contributed by atoms with E-state index in [1.165, 1.54) is 0 Å². The third-order valence-corrected chi connectivity index (χ3v) is 5.40. The Morgan fingerprint density at radius 2 is 2.04 bits per heavy atom.